The lowest BCUT2D eigenvalue weighted by molar-refractivity contribution is -0.187. The Morgan fingerprint density at radius 2 is 1.18 bits per heavy atom. The Labute approximate surface area is 193 Å². The number of carboxylic acids is 2. The van der Waals surface area contributed by atoms with Gasteiger partial charge in [-0.15, -0.1) is 0 Å². The van der Waals surface area contributed by atoms with Crippen LogP contribution in [0.2, 0.25) is 0 Å². The molecule has 0 heterocycles. The molecule has 0 amide bonds. The van der Waals surface area contributed by atoms with E-state index in [9.17, 15) is 39.6 Å². The van der Waals surface area contributed by atoms with Gasteiger partial charge in [0, 0.05) is 22.6 Å². The third-order valence-corrected chi connectivity index (χ3v) is 4.65. The highest BCUT2D eigenvalue weighted by Gasteiger charge is 2.69. The normalized spacial score (nSPS) is 13.6. The average Bonchev–Trinajstić information content (AvgIpc) is 2.85. The van der Waals surface area contributed by atoms with E-state index in [1.54, 1.807) is 0 Å². The number of nitrogens with zero attached hydrogens (tertiary/aromatic N) is 3. The number of benzene rings is 2. The smallest absolute Gasteiger partial charge is 0.348 e. The quantitative estimate of drug-likeness (QED) is 0.0794. The number of carbonyl (C=O) groups is 4. The Balaban J connectivity index is 0.000000620. The zero-order valence-electron chi connectivity index (χ0n) is 17.9. The van der Waals surface area contributed by atoms with Crippen molar-refractivity contribution in [1.29, 1.82) is 0 Å². The van der Waals surface area contributed by atoms with E-state index < -0.39 is 45.8 Å². The monoisotopic (exact) mass is 472 g/mol. The Hall–Kier alpha value is -4.09. The minimum Gasteiger partial charge on any atom is -0.479 e. The Bertz CT molecular complexity index is 984. The van der Waals surface area contributed by atoms with Gasteiger partial charge in [-0.3, -0.25) is 9.59 Å². The molecule has 180 valence electrons. The number of Topliss-reactive ketones (excluding diaryl/α,β-unsaturated/α-hetero) is 2. The van der Waals surface area contributed by atoms with Crippen molar-refractivity contribution in [2.75, 3.05) is 13.1 Å². The van der Waals surface area contributed by atoms with Crippen LogP contribution < -0.4 is 5.73 Å². The summed E-state index contributed by atoms with van der Waals surface area (Å²) in [6.07, 6.45) is 1.85. The minimum atomic E-state index is -3.95. The maximum Gasteiger partial charge on any atom is 0.348 e. The van der Waals surface area contributed by atoms with Crippen LogP contribution in [-0.4, -0.2) is 68.2 Å². The number of nitrogens with two attached hydrogens (primary N) is 1. The summed E-state index contributed by atoms with van der Waals surface area (Å²) < 4.78 is 0. The van der Waals surface area contributed by atoms with Crippen molar-refractivity contribution >= 4 is 23.5 Å². The van der Waals surface area contributed by atoms with Gasteiger partial charge in [0.25, 0.3) is 11.2 Å². The molecule has 0 aliphatic carbocycles. The summed E-state index contributed by atoms with van der Waals surface area (Å²) in [5.41, 5.74) is 4.28. The predicted octanol–water partition coefficient (Wildman–Crippen LogP) is 1.42. The molecular weight excluding hydrogens is 448 g/mol. The van der Waals surface area contributed by atoms with Gasteiger partial charge in [0.2, 0.25) is 11.6 Å². The van der Waals surface area contributed by atoms with Crippen molar-refractivity contribution in [1.82, 2.24) is 0 Å². The van der Waals surface area contributed by atoms with Gasteiger partial charge in [-0.05, 0) is 24.9 Å². The topological polar surface area (TPSA) is 224 Å². The second-order valence-corrected chi connectivity index (χ2v) is 6.87. The Morgan fingerprint density at radius 1 is 0.794 bits per heavy atom. The largest absolute Gasteiger partial charge is 0.479 e. The number of unbranched alkanes of at least 4 members (excludes halogenated alkanes) is 1. The summed E-state index contributed by atoms with van der Waals surface area (Å²) in [5, 5.41) is 43.2. The van der Waals surface area contributed by atoms with Crippen LogP contribution in [0.3, 0.4) is 0 Å². The van der Waals surface area contributed by atoms with Crippen LogP contribution in [0, 0.1) is 0 Å². The van der Waals surface area contributed by atoms with Crippen LogP contribution in [0.4, 0.5) is 0 Å². The number of hydrogen-bond acceptors (Lipinski definition) is 8. The molecular formula is C22H24N4O8. The first-order valence-corrected chi connectivity index (χ1v) is 9.91. The summed E-state index contributed by atoms with van der Waals surface area (Å²) in [6.45, 7) is 1.26. The Morgan fingerprint density at radius 3 is 1.47 bits per heavy atom. The third kappa shape index (κ3) is 6.03. The van der Waals surface area contributed by atoms with E-state index in [4.69, 9.17) is 11.3 Å². The fourth-order valence-electron chi connectivity index (χ4n) is 2.80. The van der Waals surface area contributed by atoms with E-state index in [1.165, 1.54) is 36.4 Å². The van der Waals surface area contributed by atoms with Gasteiger partial charge in [-0.25, -0.2) is 9.59 Å². The lowest BCUT2D eigenvalue weighted by atomic mass is 9.73. The second kappa shape index (κ2) is 12.8. The van der Waals surface area contributed by atoms with Crippen molar-refractivity contribution in [3.63, 3.8) is 0 Å². The fraction of sp³-hybridized carbons (Fsp3) is 0.273. The number of ketones is 2. The SMILES string of the molecule is O=C(O)C(O)(C(=O)c1ccccc1)C(O)(C(=O)O)C(=O)c1ccccc1.[N-]=[N+]=NCCCCN. The van der Waals surface area contributed by atoms with E-state index in [1.807, 2.05) is 0 Å². The molecule has 2 aromatic rings. The maximum atomic E-state index is 12.6. The molecule has 12 heteroatoms. The summed E-state index contributed by atoms with van der Waals surface area (Å²) in [5.74, 6) is -8.03. The van der Waals surface area contributed by atoms with Crippen LogP contribution >= 0.6 is 0 Å². The van der Waals surface area contributed by atoms with E-state index in [2.05, 4.69) is 10.0 Å². The lowest BCUT2D eigenvalue weighted by Crippen LogP contribution is -2.71. The highest BCUT2D eigenvalue weighted by Crippen LogP contribution is 2.31. The molecule has 0 aliphatic heterocycles. The van der Waals surface area contributed by atoms with Crippen LogP contribution in [0.15, 0.2) is 65.8 Å². The minimum absolute atomic E-state index is 0.391. The second-order valence-electron chi connectivity index (χ2n) is 6.87. The molecule has 12 nitrogen and oxygen atoms in total. The van der Waals surface area contributed by atoms with Crippen LogP contribution in [0.1, 0.15) is 33.6 Å². The molecule has 2 unspecified atom stereocenters. The van der Waals surface area contributed by atoms with Crippen molar-refractivity contribution in [3.05, 3.63) is 82.2 Å². The number of hydrogen-bond donors (Lipinski definition) is 5. The van der Waals surface area contributed by atoms with Crippen LogP contribution in [-0.2, 0) is 9.59 Å². The molecule has 0 fully saturated rings. The van der Waals surface area contributed by atoms with Gasteiger partial charge < -0.3 is 26.2 Å². The zero-order valence-corrected chi connectivity index (χ0v) is 17.9. The summed E-state index contributed by atoms with van der Waals surface area (Å²) >= 11 is 0. The number of azide groups is 1. The number of aliphatic carboxylic acids is 2. The molecule has 2 aromatic carbocycles. The molecule has 6 N–H and O–H groups in total. The molecule has 0 radical (unpaired) electrons. The van der Waals surface area contributed by atoms with E-state index >= 15 is 0 Å². The van der Waals surface area contributed by atoms with E-state index in [0.29, 0.717) is 13.1 Å². The van der Waals surface area contributed by atoms with Gasteiger partial charge in [0.05, 0.1) is 0 Å². The summed E-state index contributed by atoms with van der Waals surface area (Å²) in [4.78, 5) is 51.1. The highest BCUT2D eigenvalue weighted by atomic mass is 16.5. The third-order valence-electron chi connectivity index (χ3n) is 4.65. The summed E-state index contributed by atoms with van der Waals surface area (Å²) in [7, 11) is 0. The molecule has 0 saturated carbocycles. The van der Waals surface area contributed by atoms with E-state index in [0.717, 1.165) is 37.1 Å². The predicted molar refractivity (Wildman–Crippen MR) is 119 cm³/mol. The molecule has 0 aromatic heterocycles. The zero-order chi connectivity index (χ0) is 25.8. The standard InChI is InChI=1S/C18H14O8.C4H10N4/c19-13(11-7-3-1-4-8-11)17(25,15(21)22)18(26,16(23)24)14(20)12-9-5-2-6-10-12;5-3-1-2-4-7-8-6/h1-10,25-26H,(H,21,22)(H,23,24);1-5H2. The fourth-order valence-corrected chi connectivity index (χ4v) is 2.80. The molecule has 0 spiro atoms. The van der Waals surface area contributed by atoms with Crippen molar-refractivity contribution < 1.29 is 39.6 Å². The van der Waals surface area contributed by atoms with E-state index in [-0.39, 0.29) is 0 Å². The molecule has 0 bridgehead atoms. The highest BCUT2D eigenvalue weighted by molar-refractivity contribution is 6.28. The molecule has 2 atom stereocenters. The molecule has 0 aliphatic rings. The first-order valence-electron chi connectivity index (χ1n) is 9.91. The number of rotatable bonds is 11. The van der Waals surface area contributed by atoms with Crippen molar-refractivity contribution in [2.45, 2.75) is 24.0 Å². The molecule has 34 heavy (non-hydrogen) atoms. The number of carbonyl (C=O) groups excluding carboxylic acids is 2. The number of carboxylic acid groups (broad SMARTS) is 2. The summed E-state index contributed by atoms with van der Waals surface area (Å²) in [6, 6.07) is 12.8. The van der Waals surface area contributed by atoms with Gasteiger partial charge in [-0.1, -0.05) is 65.8 Å². The average molecular weight is 472 g/mol. The van der Waals surface area contributed by atoms with Crippen LogP contribution in [0.25, 0.3) is 10.4 Å². The van der Waals surface area contributed by atoms with Crippen LogP contribution in [0.5, 0.6) is 0 Å². The van der Waals surface area contributed by atoms with Crippen molar-refractivity contribution in [3.8, 4) is 0 Å². The molecule has 0 saturated heterocycles. The van der Waals surface area contributed by atoms with Crippen molar-refractivity contribution in [2.24, 2.45) is 10.8 Å². The first-order chi connectivity index (χ1) is 16.1. The van der Waals surface area contributed by atoms with Gasteiger partial charge in [0.1, 0.15) is 0 Å². The van der Waals surface area contributed by atoms with Gasteiger partial charge >= 0.3 is 11.9 Å². The van der Waals surface area contributed by atoms with Gasteiger partial charge in [0.15, 0.2) is 0 Å². The first kappa shape index (κ1) is 27.9. The maximum absolute atomic E-state index is 12.6. The number of aliphatic hydroxyl groups is 2. The lowest BCUT2D eigenvalue weighted by Gasteiger charge is -2.34. The van der Waals surface area contributed by atoms with Gasteiger partial charge in [-0.2, -0.15) is 0 Å². The Kier molecular flexibility index (Phi) is 10.5. The molecule has 2 rings (SSSR count).